The molecule has 0 aliphatic heterocycles. The standard InChI is InChI=1S/C13H18O2/c1-15-13-4-2-3-11(8-13)12-6-5-10(7-12)9-14/h2-4,8,10,12,14H,5-7,9H2,1H3/t10-,12+/m0/s1. The minimum absolute atomic E-state index is 0.334. The molecule has 0 aromatic heterocycles. The zero-order chi connectivity index (χ0) is 10.7. The van der Waals surface area contributed by atoms with Crippen LogP contribution in [0.4, 0.5) is 0 Å². The summed E-state index contributed by atoms with van der Waals surface area (Å²) in [7, 11) is 1.70. The molecule has 0 bridgehead atoms. The van der Waals surface area contributed by atoms with Gasteiger partial charge in [0.05, 0.1) is 7.11 Å². The minimum Gasteiger partial charge on any atom is -0.497 e. The highest BCUT2D eigenvalue weighted by Gasteiger charge is 2.25. The number of hydrogen-bond acceptors (Lipinski definition) is 2. The monoisotopic (exact) mass is 206 g/mol. The highest BCUT2D eigenvalue weighted by Crippen LogP contribution is 2.38. The summed E-state index contributed by atoms with van der Waals surface area (Å²) in [5.41, 5.74) is 1.35. The van der Waals surface area contributed by atoms with Gasteiger partial charge in [-0.15, -0.1) is 0 Å². The lowest BCUT2D eigenvalue weighted by molar-refractivity contribution is 0.229. The third kappa shape index (κ3) is 2.32. The lowest BCUT2D eigenvalue weighted by Crippen LogP contribution is -2.00. The van der Waals surface area contributed by atoms with Crippen molar-refractivity contribution in [3.63, 3.8) is 0 Å². The summed E-state index contributed by atoms with van der Waals surface area (Å²) in [4.78, 5) is 0. The molecule has 1 N–H and O–H groups in total. The molecule has 1 fully saturated rings. The Bertz CT molecular complexity index is 322. The van der Waals surface area contributed by atoms with Crippen LogP contribution in [0.3, 0.4) is 0 Å². The van der Waals surface area contributed by atoms with Gasteiger partial charge in [-0.25, -0.2) is 0 Å². The largest absolute Gasteiger partial charge is 0.497 e. The molecule has 1 aliphatic rings. The highest BCUT2D eigenvalue weighted by molar-refractivity contribution is 5.31. The Balaban J connectivity index is 2.09. The molecule has 0 radical (unpaired) electrons. The fraction of sp³-hybridized carbons (Fsp3) is 0.538. The number of aliphatic hydroxyl groups excluding tert-OH is 1. The third-order valence-electron chi connectivity index (χ3n) is 3.36. The van der Waals surface area contributed by atoms with Gasteiger partial charge in [0, 0.05) is 6.61 Å². The van der Waals surface area contributed by atoms with Gasteiger partial charge in [-0.3, -0.25) is 0 Å². The number of hydrogen-bond donors (Lipinski definition) is 1. The number of aliphatic hydroxyl groups is 1. The van der Waals surface area contributed by atoms with Crippen molar-refractivity contribution in [2.24, 2.45) is 5.92 Å². The van der Waals surface area contributed by atoms with E-state index in [1.54, 1.807) is 7.11 Å². The summed E-state index contributed by atoms with van der Waals surface area (Å²) < 4.78 is 5.22. The maximum absolute atomic E-state index is 9.11. The first-order valence-electron chi connectivity index (χ1n) is 5.58. The molecular formula is C13H18O2. The molecule has 0 unspecified atom stereocenters. The number of benzene rings is 1. The Morgan fingerprint density at radius 3 is 2.93 bits per heavy atom. The summed E-state index contributed by atoms with van der Waals surface area (Å²) >= 11 is 0. The zero-order valence-corrected chi connectivity index (χ0v) is 9.15. The van der Waals surface area contributed by atoms with E-state index in [9.17, 15) is 0 Å². The van der Waals surface area contributed by atoms with Crippen LogP contribution < -0.4 is 4.74 Å². The van der Waals surface area contributed by atoms with Gasteiger partial charge in [0.15, 0.2) is 0 Å². The lowest BCUT2D eigenvalue weighted by Gasteiger charge is -2.11. The van der Waals surface area contributed by atoms with Crippen LogP contribution in [0.2, 0.25) is 0 Å². The SMILES string of the molecule is COc1cccc([C@@H]2CC[C@H](CO)C2)c1. The number of rotatable bonds is 3. The molecule has 1 saturated carbocycles. The summed E-state index contributed by atoms with van der Waals surface area (Å²) in [6.07, 6.45) is 3.46. The predicted molar refractivity (Wildman–Crippen MR) is 60.2 cm³/mol. The van der Waals surface area contributed by atoms with E-state index in [0.29, 0.717) is 18.4 Å². The van der Waals surface area contributed by atoms with E-state index >= 15 is 0 Å². The third-order valence-corrected chi connectivity index (χ3v) is 3.36. The smallest absolute Gasteiger partial charge is 0.119 e. The van der Waals surface area contributed by atoms with Crippen molar-refractivity contribution in [1.29, 1.82) is 0 Å². The van der Waals surface area contributed by atoms with E-state index in [2.05, 4.69) is 12.1 Å². The van der Waals surface area contributed by atoms with Crippen LogP contribution in [0.25, 0.3) is 0 Å². The van der Waals surface area contributed by atoms with Crippen molar-refractivity contribution < 1.29 is 9.84 Å². The first-order valence-corrected chi connectivity index (χ1v) is 5.58. The normalized spacial score (nSPS) is 25.5. The van der Waals surface area contributed by atoms with Crippen LogP contribution in [-0.4, -0.2) is 18.8 Å². The van der Waals surface area contributed by atoms with E-state index < -0.39 is 0 Å². The van der Waals surface area contributed by atoms with Gasteiger partial charge in [-0.05, 0) is 48.8 Å². The first kappa shape index (κ1) is 10.5. The maximum atomic E-state index is 9.11. The fourth-order valence-corrected chi connectivity index (χ4v) is 2.44. The van der Waals surface area contributed by atoms with Crippen LogP contribution in [-0.2, 0) is 0 Å². The molecular weight excluding hydrogens is 188 g/mol. The second kappa shape index (κ2) is 4.67. The van der Waals surface area contributed by atoms with E-state index in [0.717, 1.165) is 18.6 Å². The van der Waals surface area contributed by atoms with E-state index in [1.807, 2.05) is 12.1 Å². The second-order valence-corrected chi connectivity index (χ2v) is 4.34. The minimum atomic E-state index is 0.334. The van der Waals surface area contributed by atoms with E-state index in [-0.39, 0.29) is 0 Å². The van der Waals surface area contributed by atoms with Gasteiger partial charge < -0.3 is 9.84 Å². The predicted octanol–water partition coefficient (Wildman–Crippen LogP) is 2.57. The van der Waals surface area contributed by atoms with Crippen LogP contribution in [0.1, 0.15) is 30.7 Å². The van der Waals surface area contributed by atoms with Crippen LogP contribution >= 0.6 is 0 Å². The molecule has 0 saturated heterocycles. The van der Waals surface area contributed by atoms with Gasteiger partial charge >= 0.3 is 0 Å². The number of methoxy groups -OCH3 is 1. The Labute approximate surface area is 90.9 Å². The quantitative estimate of drug-likeness (QED) is 0.823. The molecule has 2 atom stereocenters. The van der Waals surface area contributed by atoms with E-state index in [1.165, 1.54) is 12.0 Å². The van der Waals surface area contributed by atoms with Gasteiger partial charge in [0.25, 0.3) is 0 Å². The van der Waals surface area contributed by atoms with Crippen molar-refractivity contribution in [3.8, 4) is 5.75 Å². The van der Waals surface area contributed by atoms with Crippen molar-refractivity contribution in [2.75, 3.05) is 13.7 Å². The second-order valence-electron chi connectivity index (χ2n) is 4.34. The van der Waals surface area contributed by atoms with E-state index in [4.69, 9.17) is 9.84 Å². The summed E-state index contributed by atoms with van der Waals surface area (Å²) in [5.74, 6) is 2.04. The van der Waals surface area contributed by atoms with Gasteiger partial charge in [-0.1, -0.05) is 12.1 Å². The summed E-state index contributed by atoms with van der Waals surface area (Å²) in [6.45, 7) is 0.334. The molecule has 2 heteroatoms. The Morgan fingerprint density at radius 1 is 1.40 bits per heavy atom. The Kier molecular flexibility index (Phi) is 3.27. The lowest BCUT2D eigenvalue weighted by atomic mass is 9.96. The van der Waals surface area contributed by atoms with Gasteiger partial charge in [-0.2, -0.15) is 0 Å². The molecule has 1 aromatic rings. The molecule has 1 aromatic carbocycles. The van der Waals surface area contributed by atoms with Crippen LogP contribution in [0.5, 0.6) is 5.75 Å². The number of ether oxygens (including phenoxy) is 1. The van der Waals surface area contributed by atoms with Crippen LogP contribution in [0, 0.1) is 5.92 Å². The van der Waals surface area contributed by atoms with Crippen molar-refractivity contribution in [1.82, 2.24) is 0 Å². The molecule has 2 rings (SSSR count). The average molecular weight is 206 g/mol. The Hall–Kier alpha value is -1.02. The topological polar surface area (TPSA) is 29.5 Å². The Morgan fingerprint density at radius 2 is 2.27 bits per heavy atom. The van der Waals surface area contributed by atoms with Gasteiger partial charge in [0.2, 0.25) is 0 Å². The molecule has 1 aliphatic carbocycles. The summed E-state index contributed by atoms with van der Waals surface area (Å²) in [6, 6.07) is 8.29. The molecule has 0 amide bonds. The fourth-order valence-electron chi connectivity index (χ4n) is 2.44. The highest BCUT2D eigenvalue weighted by atomic mass is 16.5. The van der Waals surface area contributed by atoms with Crippen molar-refractivity contribution in [2.45, 2.75) is 25.2 Å². The van der Waals surface area contributed by atoms with Gasteiger partial charge in [0.1, 0.15) is 5.75 Å². The molecule has 0 spiro atoms. The summed E-state index contributed by atoms with van der Waals surface area (Å²) in [5, 5.41) is 9.11. The first-order chi connectivity index (χ1) is 7.33. The molecule has 0 heterocycles. The van der Waals surface area contributed by atoms with Crippen molar-refractivity contribution >= 4 is 0 Å². The molecule has 82 valence electrons. The average Bonchev–Trinajstić information content (AvgIpc) is 2.78. The van der Waals surface area contributed by atoms with Crippen molar-refractivity contribution in [3.05, 3.63) is 29.8 Å². The molecule has 15 heavy (non-hydrogen) atoms. The maximum Gasteiger partial charge on any atom is 0.119 e. The molecule has 2 nitrogen and oxygen atoms in total. The van der Waals surface area contributed by atoms with Crippen LogP contribution in [0.15, 0.2) is 24.3 Å². The zero-order valence-electron chi connectivity index (χ0n) is 9.15.